The van der Waals surface area contributed by atoms with Crippen LogP contribution in [0.2, 0.25) is 0 Å². The molecule has 0 aliphatic heterocycles. The highest BCUT2D eigenvalue weighted by molar-refractivity contribution is 7.05. The van der Waals surface area contributed by atoms with Crippen LogP contribution in [0.5, 0.6) is 0 Å². The first kappa shape index (κ1) is 15.9. The normalized spacial score (nSPS) is 13.4. The number of halogens is 3. The van der Waals surface area contributed by atoms with E-state index < -0.39 is 17.8 Å². The number of benzene rings is 1. The number of alkyl halides is 3. The number of aromatic nitrogens is 2. The Labute approximate surface area is 124 Å². The SMILES string of the molecule is CCCc1nnsc1C(NN)c1ccccc1C(F)(F)F. The third kappa shape index (κ3) is 3.39. The van der Waals surface area contributed by atoms with Gasteiger partial charge in [-0.25, -0.2) is 5.43 Å². The van der Waals surface area contributed by atoms with Crippen LogP contribution in [0.1, 0.15) is 41.1 Å². The average molecular weight is 316 g/mol. The summed E-state index contributed by atoms with van der Waals surface area (Å²) in [4.78, 5) is 0.621. The second kappa shape index (κ2) is 6.50. The highest BCUT2D eigenvalue weighted by Crippen LogP contribution is 2.37. The Kier molecular flexibility index (Phi) is 4.92. The number of nitrogens with two attached hydrogens (primary N) is 1. The second-order valence-electron chi connectivity index (χ2n) is 4.52. The lowest BCUT2D eigenvalue weighted by Gasteiger charge is -2.20. The van der Waals surface area contributed by atoms with E-state index in [1.165, 1.54) is 12.1 Å². The summed E-state index contributed by atoms with van der Waals surface area (Å²) in [6.45, 7) is 1.97. The Morgan fingerprint density at radius 1 is 1.33 bits per heavy atom. The molecule has 1 heterocycles. The van der Waals surface area contributed by atoms with E-state index in [2.05, 4.69) is 15.0 Å². The van der Waals surface area contributed by atoms with Crippen molar-refractivity contribution in [1.82, 2.24) is 15.0 Å². The van der Waals surface area contributed by atoms with Gasteiger partial charge in [0.2, 0.25) is 0 Å². The number of hydrogen-bond donors (Lipinski definition) is 2. The van der Waals surface area contributed by atoms with Gasteiger partial charge < -0.3 is 0 Å². The molecule has 114 valence electrons. The highest BCUT2D eigenvalue weighted by Gasteiger charge is 2.36. The van der Waals surface area contributed by atoms with Crippen LogP contribution in [-0.4, -0.2) is 9.59 Å². The molecule has 4 nitrogen and oxygen atoms in total. The summed E-state index contributed by atoms with van der Waals surface area (Å²) in [7, 11) is 0. The number of aryl methyl sites for hydroxylation is 1. The standard InChI is InChI=1S/C13H15F3N4S/c1-2-5-10-12(21-20-19-10)11(18-17)8-6-3-4-7-9(8)13(14,15)16/h3-4,6-7,11,18H,2,5,17H2,1H3. The minimum absolute atomic E-state index is 0.0795. The monoisotopic (exact) mass is 316 g/mol. The molecular weight excluding hydrogens is 301 g/mol. The molecule has 0 aliphatic carbocycles. The molecule has 2 aromatic rings. The van der Waals surface area contributed by atoms with Crippen molar-refractivity contribution in [3.8, 4) is 0 Å². The van der Waals surface area contributed by atoms with Crippen LogP contribution in [0.25, 0.3) is 0 Å². The summed E-state index contributed by atoms with van der Waals surface area (Å²) in [6, 6.07) is 4.61. The van der Waals surface area contributed by atoms with Gasteiger partial charge in [-0.3, -0.25) is 5.84 Å². The average Bonchev–Trinajstić information content (AvgIpc) is 2.88. The number of hydrogen-bond acceptors (Lipinski definition) is 5. The minimum Gasteiger partial charge on any atom is -0.271 e. The maximum Gasteiger partial charge on any atom is 0.416 e. The van der Waals surface area contributed by atoms with Crippen LogP contribution in [-0.2, 0) is 12.6 Å². The van der Waals surface area contributed by atoms with Crippen LogP contribution in [0.15, 0.2) is 24.3 Å². The molecule has 0 fully saturated rings. The molecule has 0 radical (unpaired) electrons. The van der Waals surface area contributed by atoms with Crippen molar-refractivity contribution in [2.45, 2.75) is 32.0 Å². The Bertz CT molecular complexity index is 597. The predicted molar refractivity (Wildman–Crippen MR) is 74.5 cm³/mol. The van der Waals surface area contributed by atoms with Crippen LogP contribution in [0, 0.1) is 0 Å². The van der Waals surface area contributed by atoms with Crippen molar-refractivity contribution in [3.63, 3.8) is 0 Å². The first-order valence-corrected chi connectivity index (χ1v) is 7.19. The van der Waals surface area contributed by atoms with E-state index in [4.69, 9.17) is 5.84 Å². The summed E-state index contributed by atoms with van der Waals surface area (Å²) in [6.07, 6.45) is -2.95. The van der Waals surface area contributed by atoms with Gasteiger partial charge in [0.1, 0.15) is 0 Å². The fourth-order valence-corrected chi connectivity index (χ4v) is 2.93. The molecule has 0 saturated carbocycles. The van der Waals surface area contributed by atoms with E-state index >= 15 is 0 Å². The van der Waals surface area contributed by atoms with Gasteiger partial charge in [-0.15, -0.1) is 5.10 Å². The van der Waals surface area contributed by atoms with Gasteiger partial charge >= 0.3 is 6.18 Å². The van der Waals surface area contributed by atoms with Crippen molar-refractivity contribution in [2.75, 3.05) is 0 Å². The highest BCUT2D eigenvalue weighted by atomic mass is 32.1. The summed E-state index contributed by atoms with van der Waals surface area (Å²) in [5, 5.41) is 3.98. The summed E-state index contributed by atoms with van der Waals surface area (Å²) in [5.74, 6) is 5.51. The molecule has 0 spiro atoms. The fraction of sp³-hybridized carbons (Fsp3) is 0.385. The summed E-state index contributed by atoms with van der Waals surface area (Å²) in [5.41, 5.74) is 2.52. The molecule has 3 N–H and O–H groups in total. The zero-order valence-electron chi connectivity index (χ0n) is 11.3. The second-order valence-corrected chi connectivity index (χ2v) is 5.30. The van der Waals surface area contributed by atoms with E-state index in [1.54, 1.807) is 6.07 Å². The van der Waals surface area contributed by atoms with Crippen LogP contribution in [0.3, 0.4) is 0 Å². The molecule has 21 heavy (non-hydrogen) atoms. The first-order valence-electron chi connectivity index (χ1n) is 6.42. The van der Waals surface area contributed by atoms with Gasteiger partial charge in [-0.05, 0) is 29.6 Å². The van der Waals surface area contributed by atoms with Gasteiger partial charge in [-0.1, -0.05) is 36.0 Å². The van der Waals surface area contributed by atoms with E-state index in [0.717, 1.165) is 24.0 Å². The fourth-order valence-electron chi connectivity index (χ4n) is 2.16. The lowest BCUT2D eigenvalue weighted by atomic mass is 9.97. The van der Waals surface area contributed by atoms with Crippen LogP contribution >= 0.6 is 11.5 Å². The quantitative estimate of drug-likeness (QED) is 0.657. The molecule has 0 saturated heterocycles. The van der Waals surface area contributed by atoms with Crippen molar-refractivity contribution in [2.24, 2.45) is 5.84 Å². The molecule has 8 heteroatoms. The molecule has 1 unspecified atom stereocenters. The lowest BCUT2D eigenvalue weighted by molar-refractivity contribution is -0.138. The zero-order valence-corrected chi connectivity index (χ0v) is 12.1. The Hall–Kier alpha value is -1.51. The number of hydrazine groups is 1. The molecule has 1 atom stereocenters. The summed E-state index contributed by atoms with van der Waals surface area (Å²) >= 11 is 1.07. The van der Waals surface area contributed by atoms with Crippen LogP contribution < -0.4 is 11.3 Å². The Morgan fingerprint density at radius 2 is 2.05 bits per heavy atom. The van der Waals surface area contributed by atoms with Gasteiger partial charge in [0.15, 0.2) is 0 Å². The van der Waals surface area contributed by atoms with Gasteiger partial charge in [0.05, 0.1) is 22.2 Å². The van der Waals surface area contributed by atoms with E-state index in [0.29, 0.717) is 17.0 Å². The topological polar surface area (TPSA) is 63.8 Å². The molecule has 0 aliphatic rings. The minimum atomic E-state index is -4.44. The van der Waals surface area contributed by atoms with Crippen molar-refractivity contribution in [3.05, 3.63) is 46.0 Å². The number of nitrogens with one attached hydrogen (secondary N) is 1. The smallest absolute Gasteiger partial charge is 0.271 e. The third-order valence-electron chi connectivity index (χ3n) is 3.08. The lowest BCUT2D eigenvalue weighted by Crippen LogP contribution is -2.30. The van der Waals surface area contributed by atoms with Crippen molar-refractivity contribution in [1.29, 1.82) is 0 Å². The van der Waals surface area contributed by atoms with E-state index in [-0.39, 0.29) is 5.56 Å². The van der Waals surface area contributed by atoms with Gasteiger partial charge in [-0.2, -0.15) is 13.2 Å². The maximum atomic E-state index is 13.1. The van der Waals surface area contributed by atoms with Gasteiger partial charge in [0, 0.05) is 0 Å². The van der Waals surface area contributed by atoms with E-state index in [1.807, 2.05) is 6.92 Å². The Balaban J connectivity index is 2.50. The zero-order chi connectivity index (χ0) is 15.5. The molecule has 0 amide bonds. The van der Waals surface area contributed by atoms with Crippen molar-refractivity contribution < 1.29 is 13.2 Å². The predicted octanol–water partition coefficient (Wildman–Crippen LogP) is 3.06. The Morgan fingerprint density at radius 3 is 2.67 bits per heavy atom. The third-order valence-corrected chi connectivity index (χ3v) is 3.91. The van der Waals surface area contributed by atoms with Gasteiger partial charge in [0.25, 0.3) is 0 Å². The first-order chi connectivity index (χ1) is 9.99. The molecule has 0 bridgehead atoms. The van der Waals surface area contributed by atoms with E-state index in [9.17, 15) is 13.2 Å². The summed E-state index contributed by atoms with van der Waals surface area (Å²) < 4.78 is 43.3. The largest absolute Gasteiger partial charge is 0.416 e. The number of rotatable bonds is 5. The molecular formula is C13H15F3N4S. The molecule has 1 aromatic carbocycles. The van der Waals surface area contributed by atoms with Crippen molar-refractivity contribution >= 4 is 11.5 Å². The molecule has 2 rings (SSSR count). The maximum absolute atomic E-state index is 13.1. The number of nitrogens with zero attached hydrogens (tertiary/aromatic N) is 2. The van der Waals surface area contributed by atoms with Crippen LogP contribution in [0.4, 0.5) is 13.2 Å². The molecule has 1 aromatic heterocycles.